The van der Waals surface area contributed by atoms with Crippen LogP contribution in [0.2, 0.25) is 0 Å². The molecule has 8 nitrogen and oxygen atoms in total. The van der Waals surface area contributed by atoms with Gasteiger partial charge in [0, 0.05) is 23.5 Å². The van der Waals surface area contributed by atoms with E-state index in [0.717, 1.165) is 4.52 Å². The number of aromatic carboxylic acids is 1. The molecule has 4 aromatic rings. The van der Waals surface area contributed by atoms with E-state index in [0.29, 0.717) is 16.9 Å². The van der Waals surface area contributed by atoms with E-state index >= 15 is 0 Å². The van der Waals surface area contributed by atoms with Gasteiger partial charge in [-0.15, -0.1) is 0 Å². The number of rotatable bonds is 4. The molecular weight excluding hydrogens is 379 g/mol. The van der Waals surface area contributed by atoms with Gasteiger partial charge in [-0.05, 0) is 48.5 Å². The van der Waals surface area contributed by atoms with E-state index in [1.807, 2.05) is 0 Å². The van der Waals surface area contributed by atoms with Crippen LogP contribution in [-0.2, 0) is 0 Å². The van der Waals surface area contributed by atoms with Gasteiger partial charge in [-0.2, -0.15) is 0 Å². The Morgan fingerprint density at radius 2 is 1.76 bits per heavy atom. The van der Waals surface area contributed by atoms with Crippen LogP contribution < -0.4 is 10.9 Å². The number of amides is 1. The first-order valence-corrected chi connectivity index (χ1v) is 8.44. The molecule has 0 saturated heterocycles. The molecule has 0 aliphatic carbocycles. The number of nitrogens with zero attached hydrogens (tertiary/aromatic N) is 2. The molecule has 2 aromatic carbocycles. The van der Waals surface area contributed by atoms with Crippen LogP contribution in [0.15, 0.2) is 65.6 Å². The maximum Gasteiger partial charge on any atom is 0.335 e. The van der Waals surface area contributed by atoms with Gasteiger partial charge in [-0.3, -0.25) is 14.7 Å². The summed E-state index contributed by atoms with van der Waals surface area (Å²) in [6.07, 6.45) is 1.35. The number of halogens is 1. The van der Waals surface area contributed by atoms with E-state index < -0.39 is 23.3 Å². The Morgan fingerprint density at radius 3 is 2.41 bits per heavy atom. The van der Waals surface area contributed by atoms with Gasteiger partial charge in [-0.1, -0.05) is 0 Å². The minimum absolute atomic E-state index is 0.0900. The normalized spacial score (nSPS) is 10.8. The Balaban J connectivity index is 1.70. The second-order valence-corrected chi connectivity index (χ2v) is 6.17. The summed E-state index contributed by atoms with van der Waals surface area (Å²) in [6.45, 7) is 0. The largest absolute Gasteiger partial charge is 0.478 e. The lowest BCUT2D eigenvalue weighted by Gasteiger charge is -2.05. The van der Waals surface area contributed by atoms with E-state index in [-0.39, 0.29) is 16.8 Å². The predicted molar refractivity (Wildman–Crippen MR) is 103 cm³/mol. The van der Waals surface area contributed by atoms with Crippen molar-refractivity contribution in [2.24, 2.45) is 0 Å². The van der Waals surface area contributed by atoms with Crippen molar-refractivity contribution in [3.8, 4) is 11.3 Å². The second kappa shape index (κ2) is 7.04. The Labute approximate surface area is 162 Å². The van der Waals surface area contributed by atoms with Crippen molar-refractivity contribution in [3.63, 3.8) is 0 Å². The van der Waals surface area contributed by atoms with Gasteiger partial charge in [-0.25, -0.2) is 18.7 Å². The summed E-state index contributed by atoms with van der Waals surface area (Å²) >= 11 is 0. The van der Waals surface area contributed by atoms with Crippen LogP contribution in [0, 0.1) is 5.82 Å². The number of carbonyl (C=O) groups is 2. The second-order valence-electron chi connectivity index (χ2n) is 6.17. The minimum Gasteiger partial charge on any atom is -0.478 e. The number of nitrogens with one attached hydrogen (secondary N) is 2. The first kappa shape index (κ1) is 18.1. The van der Waals surface area contributed by atoms with Crippen LogP contribution >= 0.6 is 0 Å². The Kier molecular flexibility index (Phi) is 4.40. The van der Waals surface area contributed by atoms with Crippen LogP contribution in [-0.4, -0.2) is 31.6 Å². The van der Waals surface area contributed by atoms with Crippen molar-refractivity contribution in [1.82, 2.24) is 14.6 Å². The number of carboxylic acid groups (broad SMARTS) is 1. The van der Waals surface area contributed by atoms with Crippen LogP contribution in [0.3, 0.4) is 0 Å². The van der Waals surface area contributed by atoms with Crippen molar-refractivity contribution in [1.29, 1.82) is 0 Å². The zero-order chi connectivity index (χ0) is 20.5. The molecule has 0 spiro atoms. The number of anilines is 1. The monoisotopic (exact) mass is 392 g/mol. The van der Waals surface area contributed by atoms with Crippen molar-refractivity contribution in [2.75, 3.05) is 5.32 Å². The molecule has 2 aromatic heterocycles. The fourth-order valence-corrected chi connectivity index (χ4v) is 2.81. The first-order chi connectivity index (χ1) is 13.9. The third-order valence-electron chi connectivity index (χ3n) is 4.27. The van der Waals surface area contributed by atoms with E-state index in [9.17, 15) is 18.8 Å². The van der Waals surface area contributed by atoms with Gasteiger partial charge in [0.2, 0.25) is 0 Å². The van der Waals surface area contributed by atoms with Crippen LogP contribution in [0.1, 0.15) is 20.7 Å². The summed E-state index contributed by atoms with van der Waals surface area (Å²) in [6, 6.07) is 12.4. The SMILES string of the molecule is O=C(O)c1ccc(NC(=O)c2c[nH]n3c(=O)cc(-c4ccc(F)cc4)nc23)cc1. The number of hydrogen-bond donors (Lipinski definition) is 3. The molecule has 1 amide bonds. The summed E-state index contributed by atoms with van der Waals surface area (Å²) in [5.41, 5.74) is 1.10. The lowest BCUT2D eigenvalue weighted by atomic mass is 10.1. The first-order valence-electron chi connectivity index (χ1n) is 8.44. The summed E-state index contributed by atoms with van der Waals surface area (Å²) in [5, 5.41) is 14.2. The quantitative estimate of drug-likeness (QED) is 0.494. The maximum atomic E-state index is 13.2. The van der Waals surface area contributed by atoms with Gasteiger partial charge < -0.3 is 10.4 Å². The highest BCUT2D eigenvalue weighted by atomic mass is 19.1. The summed E-state index contributed by atoms with van der Waals surface area (Å²) < 4.78 is 14.3. The lowest BCUT2D eigenvalue weighted by molar-refractivity contribution is 0.0696. The molecule has 0 bridgehead atoms. The fraction of sp³-hybridized carbons (Fsp3) is 0. The Hall–Kier alpha value is -4.27. The molecule has 9 heteroatoms. The number of H-pyrrole nitrogens is 1. The zero-order valence-electron chi connectivity index (χ0n) is 14.7. The number of aromatic amines is 1. The molecule has 4 rings (SSSR count). The summed E-state index contributed by atoms with van der Waals surface area (Å²) in [7, 11) is 0. The molecule has 29 heavy (non-hydrogen) atoms. The highest BCUT2D eigenvalue weighted by molar-refractivity contribution is 6.08. The number of fused-ring (bicyclic) bond motifs is 1. The molecule has 3 N–H and O–H groups in total. The average Bonchev–Trinajstić information content (AvgIpc) is 3.13. The van der Waals surface area contributed by atoms with Gasteiger partial charge in [0.1, 0.15) is 11.4 Å². The molecule has 0 aliphatic rings. The van der Waals surface area contributed by atoms with Crippen LogP contribution in [0.5, 0.6) is 0 Å². The highest BCUT2D eigenvalue weighted by Crippen LogP contribution is 2.19. The van der Waals surface area contributed by atoms with Crippen molar-refractivity contribution in [2.45, 2.75) is 0 Å². The smallest absolute Gasteiger partial charge is 0.335 e. The molecule has 0 fully saturated rings. The molecule has 0 radical (unpaired) electrons. The highest BCUT2D eigenvalue weighted by Gasteiger charge is 2.16. The number of aromatic nitrogens is 3. The number of carboxylic acids is 1. The molecule has 0 aliphatic heterocycles. The average molecular weight is 392 g/mol. The van der Waals surface area contributed by atoms with Gasteiger partial charge in [0.25, 0.3) is 11.5 Å². The van der Waals surface area contributed by atoms with Crippen LogP contribution in [0.25, 0.3) is 16.9 Å². The Morgan fingerprint density at radius 1 is 1.07 bits per heavy atom. The molecular formula is C20H13FN4O4. The number of hydrogen-bond acceptors (Lipinski definition) is 4. The molecule has 0 saturated carbocycles. The van der Waals surface area contributed by atoms with E-state index in [1.54, 1.807) is 0 Å². The van der Waals surface area contributed by atoms with Crippen LogP contribution in [0.4, 0.5) is 10.1 Å². The van der Waals surface area contributed by atoms with Gasteiger partial charge in [0.15, 0.2) is 5.65 Å². The van der Waals surface area contributed by atoms with E-state index in [2.05, 4.69) is 15.4 Å². The molecule has 0 atom stereocenters. The topological polar surface area (TPSA) is 117 Å². The van der Waals surface area contributed by atoms with E-state index in [1.165, 1.54) is 60.8 Å². The van der Waals surface area contributed by atoms with Crippen molar-refractivity contribution in [3.05, 3.63) is 88.1 Å². The van der Waals surface area contributed by atoms with Crippen molar-refractivity contribution < 1.29 is 19.1 Å². The van der Waals surface area contributed by atoms with E-state index in [4.69, 9.17) is 5.11 Å². The molecule has 144 valence electrons. The minimum atomic E-state index is -1.07. The third kappa shape index (κ3) is 3.48. The summed E-state index contributed by atoms with van der Waals surface area (Å²) in [4.78, 5) is 40.3. The molecule has 0 unspecified atom stereocenters. The fourth-order valence-electron chi connectivity index (χ4n) is 2.81. The summed E-state index contributed by atoms with van der Waals surface area (Å²) in [5.74, 6) is -2.02. The predicted octanol–water partition coefficient (Wildman–Crippen LogP) is 2.78. The number of carbonyl (C=O) groups excluding carboxylic acids is 1. The third-order valence-corrected chi connectivity index (χ3v) is 4.27. The number of benzene rings is 2. The maximum absolute atomic E-state index is 13.2. The van der Waals surface area contributed by atoms with Crippen molar-refractivity contribution >= 4 is 23.2 Å². The molecule has 2 heterocycles. The lowest BCUT2D eigenvalue weighted by Crippen LogP contribution is -2.17. The van der Waals surface area contributed by atoms with Gasteiger partial charge >= 0.3 is 5.97 Å². The Bertz CT molecular complexity index is 1290. The standard InChI is InChI=1S/C20H13FN4O4/c21-13-5-1-11(2-6-13)16-9-17(26)25-18(24-16)15(10-22-25)19(27)23-14-7-3-12(4-8-14)20(28)29/h1-10,22H,(H,23,27)(H,28,29). The zero-order valence-corrected chi connectivity index (χ0v) is 14.7. The van der Waals surface area contributed by atoms with Gasteiger partial charge in [0.05, 0.1) is 11.3 Å².